The third kappa shape index (κ3) is 3.48. The van der Waals surface area contributed by atoms with Gasteiger partial charge in [0.1, 0.15) is 10.8 Å². The van der Waals surface area contributed by atoms with Gasteiger partial charge in [0.05, 0.1) is 12.2 Å². The largest absolute Gasteiger partial charge is 0.507 e. The molecule has 2 aromatic rings. The van der Waals surface area contributed by atoms with E-state index >= 15 is 0 Å². The summed E-state index contributed by atoms with van der Waals surface area (Å²) < 4.78 is 5.08. The number of aromatic hydroxyl groups is 1. The van der Waals surface area contributed by atoms with Crippen molar-refractivity contribution >= 4 is 40.1 Å². The van der Waals surface area contributed by atoms with E-state index in [0.29, 0.717) is 27.8 Å². The van der Waals surface area contributed by atoms with E-state index in [2.05, 4.69) is 4.99 Å². The van der Waals surface area contributed by atoms with Gasteiger partial charge in [-0.1, -0.05) is 11.6 Å². The number of carbonyl (C=O) groups is 1. The summed E-state index contributed by atoms with van der Waals surface area (Å²) >= 11 is 7.32. The lowest BCUT2D eigenvalue weighted by Gasteiger charge is -2.03. The minimum atomic E-state index is -0.383. The van der Waals surface area contributed by atoms with Crippen LogP contribution in [-0.2, 0) is 4.74 Å². The van der Waals surface area contributed by atoms with Crippen molar-refractivity contribution in [3.63, 3.8) is 0 Å². The van der Waals surface area contributed by atoms with Gasteiger partial charge in [0.2, 0.25) is 0 Å². The predicted octanol–water partition coefficient (Wildman–Crippen LogP) is 4.65. The number of carbonyl (C=O) groups excluding carboxylic acids is 1. The molecular formula is C16H16ClNO3S. The molecule has 6 heteroatoms. The number of esters is 1. The fourth-order valence-electron chi connectivity index (χ4n) is 1.90. The molecule has 1 N–H and O–H groups in total. The molecule has 2 rings (SSSR count). The lowest BCUT2D eigenvalue weighted by atomic mass is 10.1. The summed E-state index contributed by atoms with van der Waals surface area (Å²) in [6, 6.07) is 4.70. The molecule has 4 nitrogen and oxygen atoms in total. The molecule has 1 aromatic carbocycles. The normalized spacial score (nSPS) is 11.1. The minimum Gasteiger partial charge on any atom is -0.507 e. The van der Waals surface area contributed by atoms with E-state index < -0.39 is 0 Å². The number of aryl methyl sites for hydroxylation is 1. The van der Waals surface area contributed by atoms with E-state index in [1.54, 1.807) is 19.1 Å². The summed E-state index contributed by atoms with van der Waals surface area (Å²) in [6.45, 7) is 5.87. The zero-order chi connectivity index (χ0) is 16.3. The Hall–Kier alpha value is -1.85. The van der Waals surface area contributed by atoms with Crippen molar-refractivity contribution in [3.05, 3.63) is 44.8 Å². The molecule has 1 heterocycles. The van der Waals surface area contributed by atoms with Crippen LogP contribution in [0.4, 0.5) is 5.00 Å². The van der Waals surface area contributed by atoms with Gasteiger partial charge in [0.25, 0.3) is 0 Å². The molecular weight excluding hydrogens is 322 g/mol. The molecule has 0 radical (unpaired) electrons. The Morgan fingerprint density at radius 3 is 2.86 bits per heavy atom. The third-order valence-corrected chi connectivity index (χ3v) is 4.51. The highest BCUT2D eigenvalue weighted by molar-refractivity contribution is 7.16. The van der Waals surface area contributed by atoms with Gasteiger partial charge < -0.3 is 9.84 Å². The molecule has 0 spiro atoms. The van der Waals surface area contributed by atoms with Crippen LogP contribution < -0.4 is 0 Å². The zero-order valence-corrected chi connectivity index (χ0v) is 14.1. The van der Waals surface area contributed by atoms with E-state index in [4.69, 9.17) is 16.3 Å². The first-order valence-electron chi connectivity index (χ1n) is 6.73. The van der Waals surface area contributed by atoms with Crippen molar-refractivity contribution in [3.8, 4) is 5.75 Å². The first-order valence-corrected chi connectivity index (χ1v) is 7.93. The first kappa shape index (κ1) is 16.5. The molecule has 0 aliphatic heterocycles. The number of aliphatic imine (C=N–C) groups is 1. The molecule has 0 saturated carbocycles. The quantitative estimate of drug-likeness (QED) is 0.652. The number of phenols is 1. The topological polar surface area (TPSA) is 58.9 Å². The number of nitrogens with zero attached hydrogens (tertiary/aromatic N) is 1. The van der Waals surface area contributed by atoms with E-state index in [9.17, 15) is 9.90 Å². The Kier molecular flexibility index (Phi) is 5.21. The number of hydrogen-bond donors (Lipinski definition) is 1. The molecule has 0 aliphatic carbocycles. The van der Waals surface area contributed by atoms with Gasteiger partial charge in [-0.25, -0.2) is 9.79 Å². The summed E-state index contributed by atoms with van der Waals surface area (Å²) in [7, 11) is 0. The minimum absolute atomic E-state index is 0.0795. The van der Waals surface area contributed by atoms with Crippen LogP contribution in [0.3, 0.4) is 0 Å². The summed E-state index contributed by atoms with van der Waals surface area (Å²) in [6.07, 6.45) is 1.49. The third-order valence-electron chi connectivity index (χ3n) is 3.16. The van der Waals surface area contributed by atoms with Crippen molar-refractivity contribution in [2.45, 2.75) is 20.8 Å². The Bertz CT molecular complexity index is 737. The lowest BCUT2D eigenvalue weighted by molar-refractivity contribution is 0.0527. The maximum atomic E-state index is 12.1. The van der Waals surface area contributed by atoms with Crippen LogP contribution in [0.1, 0.15) is 33.3 Å². The molecule has 0 bridgehead atoms. The van der Waals surface area contributed by atoms with Crippen LogP contribution >= 0.6 is 22.9 Å². The SMILES string of the molecule is CCOC(=O)c1c(/N=C/c2cc(Cl)ccc2O)sc(C)c1C. The molecule has 0 atom stereocenters. The van der Waals surface area contributed by atoms with E-state index in [1.165, 1.54) is 23.6 Å². The number of ether oxygens (including phenoxy) is 1. The monoisotopic (exact) mass is 337 g/mol. The number of rotatable bonds is 4. The number of hydrogen-bond acceptors (Lipinski definition) is 5. The second-order valence-corrected chi connectivity index (χ2v) is 6.28. The van der Waals surface area contributed by atoms with Crippen LogP contribution in [-0.4, -0.2) is 23.9 Å². The first-order chi connectivity index (χ1) is 10.4. The zero-order valence-electron chi connectivity index (χ0n) is 12.5. The molecule has 0 saturated heterocycles. The molecule has 1 aromatic heterocycles. The van der Waals surface area contributed by atoms with E-state index in [1.807, 2.05) is 13.8 Å². The number of halogens is 1. The van der Waals surface area contributed by atoms with Gasteiger partial charge >= 0.3 is 5.97 Å². The fourth-order valence-corrected chi connectivity index (χ4v) is 3.07. The molecule has 0 unspecified atom stereocenters. The Balaban J connectivity index is 2.41. The Morgan fingerprint density at radius 1 is 1.45 bits per heavy atom. The lowest BCUT2D eigenvalue weighted by Crippen LogP contribution is -2.05. The standard InChI is InChI=1S/C16H16ClNO3S/c1-4-21-16(20)14-9(2)10(3)22-15(14)18-8-11-7-12(17)5-6-13(11)19/h5-8,19H,4H2,1-3H3/b18-8+. The van der Waals surface area contributed by atoms with Crippen LogP contribution in [0.25, 0.3) is 0 Å². The van der Waals surface area contributed by atoms with Crippen molar-refractivity contribution in [1.82, 2.24) is 0 Å². The second-order valence-electron chi connectivity index (χ2n) is 4.65. The van der Waals surface area contributed by atoms with Gasteiger partial charge in [-0.2, -0.15) is 0 Å². The average molecular weight is 338 g/mol. The van der Waals surface area contributed by atoms with E-state index in [-0.39, 0.29) is 11.7 Å². The van der Waals surface area contributed by atoms with Gasteiger partial charge in [0, 0.05) is 21.7 Å². The van der Waals surface area contributed by atoms with E-state index in [0.717, 1.165) is 10.4 Å². The smallest absolute Gasteiger partial charge is 0.341 e. The summed E-state index contributed by atoms with van der Waals surface area (Å²) in [5, 5.41) is 10.9. The van der Waals surface area contributed by atoms with Crippen LogP contribution in [0.5, 0.6) is 5.75 Å². The summed E-state index contributed by atoms with van der Waals surface area (Å²) in [5.41, 5.74) is 1.83. The van der Waals surface area contributed by atoms with Crippen LogP contribution in [0, 0.1) is 13.8 Å². The molecule has 0 fully saturated rings. The van der Waals surface area contributed by atoms with Crippen molar-refractivity contribution < 1.29 is 14.6 Å². The van der Waals surface area contributed by atoms with Gasteiger partial charge in [-0.15, -0.1) is 11.3 Å². The number of thiophene rings is 1. The fraction of sp³-hybridized carbons (Fsp3) is 0.250. The van der Waals surface area contributed by atoms with Crippen molar-refractivity contribution in [2.24, 2.45) is 4.99 Å². The number of phenolic OH excluding ortho intramolecular Hbond substituents is 1. The maximum absolute atomic E-state index is 12.1. The number of benzene rings is 1. The molecule has 116 valence electrons. The average Bonchev–Trinajstić information content (AvgIpc) is 2.75. The van der Waals surface area contributed by atoms with Gasteiger partial charge in [-0.05, 0) is 44.5 Å². The van der Waals surface area contributed by atoms with Crippen molar-refractivity contribution in [1.29, 1.82) is 0 Å². The highest BCUT2D eigenvalue weighted by Gasteiger charge is 2.20. The second kappa shape index (κ2) is 6.94. The summed E-state index contributed by atoms with van der Waals surface area (Å²) in [5.74, 6) is -0.303. The summed E-state index contributed by atoms with van der Waals surface area (Å²) in [4.78, 5) is 17.4. The Labute approximate surface area is 138 Å². The van der Waals surface area contributed by atoms with Crippen LogP contribution in [0.2, 0.25) is 5.02 Å². The Morgan fingerprint density at radius 2 is 2.18 bits per heavy atom. The van der Waals surface area contributed by atoms with Crippen LogP contribution in [0.15, 0.2) is 23.2 Å². The van der Waals surface area contributed by atoms with Crippen molar-refractivity contribution in [2.75, 3.05) is 6.61 Å². The van der Waals surface area contributed by atoms with Gasteiger partial charge in [-0.3, -0.25) is 0 Å². The van der Waals surface area contributed by atoms with Gasteiger partial charge in [0.15, 0.2) is 0 Å². The molecule has 0 amide bonds. The highest BCUT2D eigenvalue weighted by atomic mass is 35.5. The molecule has 0 aliphatic rings. The molecule has 22 heavy (non-hydrogen) atoms. The predicted molar refractivity (Wildman–Crippen MR) is 90.1 cm³/mol. The highest BCUT2D eigenvalue weighted by Crippen LogP contribution is 2.35. The maximum Gasteiger partial charge on any atom is 0.341 e.